The number of thioether (sulfide) groups is 1. The lowest BCUT2D eigenvalue weighted by atomic mass is 10.1. The van der Waals surface area contributed by atoms with Gasteiger partial charge < -0.3 is 10.1 Å². The molecule has 1 aromatic carbocycles. The minimum absolute atomic E-state index is 0.527. The van der Waals surface area contributed by atoms with E-state index in [-0.39, 0.29) is 0 Å². The summed E-state index contributed by atoms with van der Waals surface area (Å²) in [5, 5.41) is 3.54. The maximum Gasteiger partial charge on any atom is 0.122 e. The molecule has 0 fully saturated rings. The van der Waals surface area contributed by atoms with Crippen LogP contribution in [0.5, 0.6) is 5.75 Å². The van der Waals surface area contributed by atoms with Gasteiger partial charge in [-0.3, -0.25) is 0 Å². The molecule has 0 aromatic heterocycles. The van der Waals surface area contributed by atoms with Gasteiger partial charge in [-0.15, -0.1) is 0 Å². The summed E-state index contributed by atoms with van der Waals surface area (Å²) in [4.78, 5) is 0. The zero-order valence-electron chi connectivity index (χ0n) is 10.7. The molecule has 3 heteroatoms. The van der Waals surface area contributed by atoms with Gasteiger partial charge in [0.25, 0.3) is 0 Å². The predicted molar refractivity (Wildman–Crippen MR) is 75.1 cm³/mol. The Morgan fingerprint density at radius 2 is 2.35 bits per heavy atom. The summed E-state index contributed by atoms with van der Waals surface area (Å²) in [7, 11) is 0. The molecule has 0 saturated carbocycles. The van der Waals surface area contributed by atoms with E-state index in [1.807, 2.05) is 11.8 Å². The summed E-state index contributed by atoms with van der Waals surface area (Å²) in [5.74, 6) is 2.15. The van der Waals surface area contributed by atoms with Crippen molar-refractivity contribution < 1.29 is 4.74 Å². The normalized spacial score (nSPS) is 18.1. The van der Waals surface area contributed by atoms with E-state index < -0.39 is 0 Å². The molecule has 0 amide bonds. The Morgan fingerprint density at radius 3 is 3.12 bits per heavy atom. The smallest absolute Gasteiger partial charge is 0.122 e. The molecular weight excluding hydrogens is 230 g/mol. The van der Waals surface area contributed by atoms with Crippen LogP contribution < -0.4 is 10.1 Å². The molecule has 0 radical (unpaired) electrons. The summed E-state index contributed by atoms with van der Waals surface area (Å²) in [6, 6.07) is 6.98. The van der Waals surface area contributed by atoms with Gasteiger partial charge in [0.15, 0.2) is 0 Å². The second-order valence-electron chi connectivity index (χ2n) is 4.31. The van der Waals surface area contributed by atoms with Gasteiger partial charge in [-0.05, 0) is 42.8 Å². The van der Waals surface area contributed by atoms with Gasteiger partial charge in [0.2, 0.25) is 0 Å². The van der Waals surface area contributed by atoms with E-state index in [0.29, 0.717) is 6.04 Å². The number of benzene rings is 1. The Balaban J connectivity index is 2.09. The third-order valence-electron chi connectivity index (χ3n) is 3.22. The van der Waals surface area contributed by atoms with E-state index in [1.165, 1.54) is 17.5 Å². The molecular formula is C14H21NOS. The number of rotatable bonds is 6. The van der Waals surface area contributed by atoms with Gasteiger partial charge in [0, 0.05) is 11.8 Å². The first-order valence-corrected chi connectivity index (χ1v) is 7.73. The standard InChI is InChI=1S/C14H21NOS/c1-3-15-13-8-7-12-11(13)5-4-6-14(12)16-9-10-17-2/h4-6,13,15H,3,7-10H2,1-2H3. The quantitative estimate of drug-likeness (QED) is 0.785. The minimum atomic E-state index is 0.527. The molecule has 17 heavy (non-hydrogen) atoms. The fourth-order valence-electron chi connectivity index (χ4n) is 2.45. The molecule has 1 atom stereocenters. The van der Waals surface area contributed by atoms with E-state index in [0.717, 1.165) is 31.1 Å². The molecule has 0 heterocycles. The molecule has 0 bridgehead atoms. The van der Waals surface area contributed by atoms with Crippen molar-refractivity contribution in [3.05, 3.63) is 29.3 Å². The maximum atomic E-state index is 5.87. The van der Waals surface area contributed by atoms with Crippen LogP contribution in [-0.2, 0) is 6.42 Å². The van der Waals surface area contributed by atoms with E-state index >= 15 is 0 Å². The molecule has 0 aliphatic heterocycles. The molecule has 94 valence electrons. The molecule has 1 aliphatic carbocycles. The van der Waals surface area contributed by atoms with Crippen LogP contribution >= 0.6 is 11.8 Å². The summed E-state index contributed by atoms with van der Waals surface area (Å²) >= 11 is 1.83. The number of hydrogen-bond acceptors (Lipinski definition) is 3. The fourth-order valence-corrected chi connectivity index (χ4v) is 2.70. The number of hydrogen-bond donors (Lipinski definition) is 1. The van der Waals surface area contributed by atoms with Crippen LogP contribution in [0.2, 0.25) is 0 Å². The molecule has 1 aromatic rings. The first-order chi connectivity index (χ1) is 8.36. The van der Waals surface area contributed by atoms with Crippen LogP contribution in [0.1, 0.15) is 30.5 Å². The van der Waals surface area contributed by atoms with Crippen LogP contribution in [-0.4, -0.2) is 25.2 Å². The van der Waals surface area contributed by atoms with E-state index in [1.54, 1.807) is 0 Å². The van der Waals surface area contributed by atoms with Crippen molar-refractivity contribution in [3.8, 4) is 5.75 Å². The van der Waals surface area contributed by atoms with Gasteiger partial charge in [-0.25, -0.2) is 0 Å². The molecule has 1 N–H and O–H groups in total. The lowest BCUT2D eigenvalue weighted by molar-refractivity contribution is 0.340. The third-order valence-corrected chi connectivity index (χ3v) is 3.80. The van der Waals surface area contributed by atoms with Gasteiger partial charge >= 0.3 is 0 Å². The van der Waals surface area contributed by atoms with E-state index in [9.17, 15) is 0 Å². The first-order valence-electron chi connectivity index (χ1n) is 6.33. The SMILES string of the molecule is CCNC1CCc2c(OCCSC)cccc21. The molecule has 0 spiro atoms. The zero-order chi connectivity index (χ0) is 12.1. The largest absolute Gasteiger partial charge is 0.492 e. The second kappa shape index (κ2) is 6.31. The molecule has 1 unspecified atom stereocenters. The highest BCUT2D eigenvalue weighted by molar-refractivity contribution is 7.98. The van der Waals surface area contributed by atoms with Gasteiger partial charge in [-0.2, -0.15) is 11.8 Å². The number of nitrogens with one attached hydrogen (secondary N) is 1. The first kappa shape index (κ1) is 12.8. The van der Waals surface area contributed by atoms with Crippen molar-refractivity contribution in [1.29, 1.82) is 0 Å². The summed E-state index contributed by atoms with van der Waals surface area (Å²) in [5.41, 5.74) is 2.85. The van der Waals surface area contributed by atoms with Crippen molar-refractivity contribution in [2.24, 2.45) is 0 Å². The summed E-state index contributed by atoms with van der Waals surface area (Å²) in [6.45, 7) is 4.00. The molecule has 2 rings (SSSR count). The monoisotopic (exact) mass is 251 g/mol. The second-order valence-corrected chi connectivity index (χ2v) is 5.30. The Labute approximate surface area is 108 Å². The van der Waals surface area contributed by atoms with Crippen molar-refractivity contribution in [1.82, 2.24) is 5.32 Å². The topological polar surface area (TPSA) is 21.3 Å². The average molecular weight is 251 g/mol. The summed E-state index contributed by atoms with van der Waals surface area (Å²) in [6.07, 6.45) is 4.45. The van der Waals surface area contributed by atoms with Crippen molar-refractivity contribution in [3.63, 3.8) is 0 Å². The van der Waals surface area contributed by atoms with Crippen LogP contribution in [0.25, 0.3) is 0 Å². The van der Waals surface area contributed by atoms with E-state index in [4.69, 9.17) is 4.74 Å². The van der Waals surface area contributed by atoms with Crippen molar-refractivity contribution in [2.75, 3.05) is 25.2 Å². The third kappa shape index (κ3) is 2.96. The summed E-state index contributed by atoms with van der Waals surface area (Å²) < 4.78 is 5.87. The lowest BCUT2D eigenvalue weighted by Gasteiger charge is -2.14. The van der Waals surface area contributed by atoms with Crippen molar-refractivity contribution in [2.45, 2.75) is 25.8 Å². The minimum Gasteiger partial charge on any atom is -0.492 e. The van der Waals surface area contributed by atoms with Crippen LogP contribution in [0.15, 0.2) is 18.2 Å². The maximum absolute atomic E-state index is 5.87. The van der Waals surface area contributed by atoms with Crippen LogP contribution in [0, 0.1) is 0 Å². The molecule has 1 aliphatic rings. The van der Waals surface area contributed by atoms with Crippen LogP contribution in [0.4, 0.5) is 0 Å². The predicted octanol–water partition coefficient (Wildman–Crippen LogP) is 3.03. The van der Waals surface area contributed by atoms with Gasteiger partial charge in [0.1, 0.15) is 5.75 Å². The fraction of sp³-hybridized carbons (Fsp3) is 0.571. The molecule has 2 nitrogen and oxygen atoms in total. The Kier molecular flexibility index (Phi) is 4.75. The zero-order valence-corrected chi connectivity index (χ0v) is 11.5. The number of fused-ring (bicyclic) bond motifs is 1. The highest BCUT2D eigenvalue weighted by Crippen LogP contribution is 2.36. The average Bonchev–Trinajstić information content (AvgIpc) is 2.75. The van der Waals surface area contributed by atoms with E-state index in [2.05, 4.69) is 36.7 Å². The number of ether oxygens (including phenoxy) is 1. The Hall–Kier alpha value is -0.670. The Morgan fingerprint density at radius 1 is 1.47 bits per heavy atom. The lowest BCUT2D eigenvalue weighted by Crippen LogP contribution is -2.18. The van der Waals surface area contributed by atoms with Crippen molar-refractivity contribution >= 4 is 11.8 Å². The molecule has 0 saturated heterocycles. The van der Waals surface area contributed by atoms with Crippen LogP contribution in [0.3, 0.4) is 0 Å². The Bertz CT molecular complexity index is 367. The highest BCUT2D eigenvalue weighted by Gasteiger charge is 2.24. The highest BCUT2D eigenvalue weighted by atomic mass is 32.2. The van der Waals surface area contributed by atoms with Gasteiger partial charge in [0.05, 0.1) is 6.61 Å². The van der Waals surface area contributed by atoms with Gasteiger partial charge in [-0.1, -0.05) is 19.1 Å².